The van der Waals surface area contributed by atoms with Crippen molar-refractivity contribution in [3.05, 3.63) is 59.7 Å². The quantitative estimate of drug-likeness (QED) is 0.476. The van der Waals surface area contributed by atoms with Crippen molar-refractivity contribution in [2.75, 3.05) is 17.7 Å². The molecule has 1 N–H and O–H groups in total. The van der Waals surface area contributed by atoms with Gasteiger partial charge in [0.15, 0.2) is 0 Å². The number of para-hydroxylation sites is 1. The maximum absolute atomic E-state index is 12.3. The number of thioether (sulfide) groups is 1. The predicted molar refractivity (Wildman–Crippen MR) is 106 cm³/mol. The lowest BCUT2D eigenvalue weighted by atomic mass is 10.1. The fourth-order valence-electron chi connectivity index (χ4n) is 2.48. The Balaban J connectivity index is 1.62. The van der Waals surface area contributed by atoms with Gasteiger partial charge in [-0.1, -0.05) is 42.1 Å². The van der Waals surface area contributed by atoms with Gasteiger partial charge in [0.1, 0.15) is 0 Å². The van der Waals surface area contributed by atoms with Crippen LogP contribution in [-0.4, -0.2) is 34.4 Å². The van der Waals surface area contributed by atoms with E-state index >= 15 is 0 Å². The van der Waals surface area contributed by atoms with Crippen molar-refractivity contribution in [2.45, 2.75) is 19.1 Å². The van der Waals surface area contributed by atoms with Crippen molar-refractivity contribution >= 4 is 29.3 Å². The van der Waals surface area contributed by atoms with E-state index in [1.807, 2.05) is 31.2 Å². The van der Waals surface area contributed by atoms with Crippen molar-refractivity contribution in [3.63, 3.8) is 0 Å². The van der Waals surface area contributed by atoms with E-state index in [2.05, 4.69) is 15.5 Å². The molecular weight excluding hydrogens is 378 g/mol. The summed E-state index contributed by atoms with van der Waals surface area (Å²) in [5.74, 6) is -0.302. The lowest BCUT2D eigenvalue weighted by Crippen LogP contribution is -2.17. The Labute approximate surface area is 166 Å². The third-order valence-electron chi connectivity index (χ3n) is 3.81. The zero-order valence-electron chi connectivity index (χ0n) is 15.5. The standard InChI is InChI=1S/C20H19N3O4S/c1-3-26-19(25)15-10-6-7-11-16(15)21-17(24)12-28-20-23-22-18(27-20)14-9-5-4-8-13(14)2/h4-11H,3,12H2,1-2H3,(H,21,24). The van der Waals surface area contributed by atoms with E-state index in [-0.39, 0.29) is 18.3 Å². The van der Waals surface area contributed by atoms with Gasteiger partial charge in [0.2, 0.25) is 11.8 Å². The molecule has 8 heteroatoms. The van der Waals surface area contributed by atoms with Crippen LogP contribution in [0.25, 0.3) is 11.5 Å². The van der Waals surface area contributed by atoms with Crippen LogP contribution in [-0.2, 0) is 9.53 Å². The fourth-order valence-corrected chi connectivity index (χ4v) is 3.05. The Morgan fingerprint density at radius 3 is 2.64 bits per heavy atom. The van der Waals surface area contributed by atoms with Gasteiger partial charge in [-0.05, 0) is 37.6 Å². The monoisotopic (exact) mass is 397 g/mol. The number of aryl methyl sites for hydroxylation is 1. The first-order chi connectivity index (χ1) is 13.6. The lowest BCUT2D eigenvalue weighted by molar-refractivity contribution is -0.113. The Morgan fingerprint density at radius 1 is 1.11 bits per heavy atom. The van der Waals surface area contributed by atoms with Crippen LogP contribution >= 0.6 is 11.8 Å². The van der Waals surface area contributed by atoms with Crippen LogP contribution in [0.2, 0.25) is 0 Å². The Bertz CT molecular complexity index is 987. The summed E-state index contributed by atoms with van der Waals surface area (Å²) in [6.07, 6.45) is 0. The Kier molecular flexibility index (Phi) is 6.44. The second kappa shape index (κ2) is 9.18. The first kappa shape index (κ1) is 19.6. The summed E-state index contributed by atoms with van der Waals surface area (Å²) in [7, 11) is 0. The molecule has 144 valence electrons. The molecule has 0 atom stereocenters. The van der Waals surface area contributed by atoms with Crippen LogP contribution in [0, 0.1) is 6.92 Å². The van der Waals surface area contributed by atoms with Gasteiger partial charge >= 0.3 is 5.97 Å². The average Bonchev–Trinajstić information content (AvgIpc) is 3.16. The molecule has 2 aromatic carbocycles. The SMILES string of the molecule is CCOC(=O)c1ccccc1NC(=O)CSc1nnc(-c2ccccc2C)o1. The number of ether oxygens (including phenoxy) is 1. The normalized spacial score (nSPS) is 10.5. The molecule has 0 saturated carbocycles. The zero-order chi connectivity index (χ0) is 19.9. The molecule has 0 aliphatic rings. The molecule has 1 aromatic heterocycles. The summed E-state index contributed by atoms with van der Waals surface area (Å²) in [6, 6.07) is 14.4. The highest BCUT2D eigenvalue weighted by atomic mass is 32.2. The van der Waals surface area contributed by atoms with Crippen molar-refractivity contribution in [2.24, 2.45) is 0 Å². The molecule has 0 saturated heterocycles. The summed E-state index contributed by atoms with van der Waals surface area (Å²) >= 11 is 1.13. The number of aromatic nitrogens is 2. The van der Waals surface area contributed by atoms with Crippen LogP contribution < -0.4 is 5.32 Å². The summed E-state index contributed by atoms with van der Waals surface area (Å²) in [5.41, 5.74) is 2.59. The van der Waals surface area contributed by atoms with Gasteiger partial charge in [0.05, 0.1) is 23.6 Å². The number of nitrogens with zero attached hydrogens (tertiary/aromatic N) is 2. The average molecular weight is 397 g/mol. The maximum Gasteiger partial charge on any atom is 0.340 e. The van der Waals surface area contributed by atoms with Crippen LogP contribution in [0.1, 0.15) is 22.8 Å². The van der Waals surface area contributed by atoms with E-state index in [1.54, 1.807) is 31.2 Å². The molecule has 0 fully saturated rings. The van der Waals surface area contributed by atoms with Crippen molar-refractivity contribution in [1.29, 1.82) is 0 Å². The molecule has 0 aliphatic carbocycles. The molecule has 0 spiro atoms. The van der Waals surface area contributed by atoms with Gasteiger partial charge in [-0.2, -0.15) is 0 Å². The van der Waals surface area contributed by atoms with E-state index in [9.17, 15) is 9.59 Å². The molecular formula is C20H19N3O4S. The number of carbonyl (C=O) groups excluding carboxylic acids is 2. The van der Waals surface area contributed by atoms with Gasteiger partial charge in [-0.3, -0.25) is 4.79 Å². The van der Waals surface area contributed by atoms with Crippen molar-refractivity contribution < 1.29 is 18.7 Å². The van der Waals surface area contributed by atoms with Crippen molar-refractivity contribution in [1.82, 2.24) is 10.2 Å². The van der Waals surface area contributed by atoms with Gasteiger partial charge in [-0.15, -0.1) is 10.2 Å². The minimum atomic E-state index is -0.481. The number of carbonyl (C=O) groups is 2. The molecule has 0 bridgehead atoms. The molecule has 1 heterocycles. The summed E-state index contributed by atoms with van der Waals surface area (Å²) in [5, 5.41) is 11.0. The highest BCUT2D eigenvalue weighted by molar-refractivity contribution is 7.99. The summed E-state index contributed by atoms with van der Waals surface area (Å²) < 4.78 is 10.6. The Morgan fingerprint density at radius 2 is 1.86 bits per heavy atom. The van der Waals surface area contributed by atoms with E-state index in [0.717, 1.165) is 22.9 Å². The second-order valence-electron chi connectivity index (χ2n) is 5.79. The van der Waals surface area contributed by atoms with Gasteiger partial charge < -0.3 is 14.5 Å². The minimum absolute atomic E-state index is 0.0621. The fraction of sp³-hybridized carbons (Fsp3) is 0.200. The van der Waals surface area contributed by atoms with Gasteiger partial charge in [0, 0.05) is 5.56 Å². The molecule has 3 rings (SSSR count). The number of nitrogens with one attached hydrogen (secondary N) is 1. The van der Waals surface area contributed by atoms with Crippen LogP contribution in [0.15, 0.2) is 58.2 Å². The molecule has 0 unspecified atom stereocenters. The number of amides is 1. The van der Waals surface area contributed by atoms with Crippen LogP contribution in [0.4, 0.5) is 5.69 Å². The van der Waals surface area contributed by atoms with Gasteiger partial charge in [0.25, 0.3) is 5.22 Å². The maximum atomic E-state index is 12.3. The molecule has 3 aromatic rings. The van der Waals surface area contributed by atoms with E-state index in [4.69, 9.17) is 9.15 Å². The molecule has 0 aliphatic heterocycles. The van der Waals surface area contributed by atoms with E-state index < -0.39 is 5.97 Å². The van der Waals surface area contributed by atoms with Crippen molar-refractivity contribution in [3.8, 4) is 11.5 Å². The number of benzene rings is 2. The first-order valence-corrected chi connectivity index (χ1v) is 9.65. The number of hydrogen-bond acceptors (Lipinski definition) is 7. The number of anilines is 1. The minimum Gasteiger partial charge on any atom is -0.462 e. The van der Waals surface area contributed by atoms with Crippen LogP contribution in [0.3, 0.4) is 0 Å². The predicted octanol–water partition coefficient (Wildman–Crippen LogP) is 3.95. The third-order valence-corrected chi connectivity index (χ3v) is 4.62. The number of hydrogen-bond donors (Lipinski definition) is 1. The molecule has 1 amide bonds. The molecule has 7 nitrogen and oxygen atoms in total. The van der Waals surface area contributed by atoms with E-state index in [1.165, 1.54) is 0 Å². The third kappa shape index (κ3) is 4.77. The van der Waals surface area contributed by atoms with Gasteiger partial charge in [-0.25, -0.2) is 4.79 Å². The lowest BCUT2D eigenvalue weighted by Gasteiger charge is -2.09. The summed E-state index contributed by atoms with van der Waals surface area (Å²) in [4.78, 5) is 24.3. The topological polar surface area (TPSA) is 94.3 Å². The number of rotatable bonds is 7. The zero-order valence-corrected chi connectivity index (χ0v) is 16.3. The highest BCUT2D eigenvalue weighted by Gasteiger charge is 2.16. The van der Waals surface area contributed by atoms with E-state index in [0.29, 0.717) is 22.4 Å². The molecule has 0 radical (unpaired) electrons. The second-order valence-corrected chi connectivity index (χ2v) is 6.72. The smallest absolute Gasteiger partial charge is 0.340 e. The summed E-state index contributed by atoms with van der Waals surface area (Å²) in [6.45, 7) is 3.95. The first-order valence-electron chi connectivity index (χ1n) is 8.66. The molecule has 28 heavy (non-hydrogen) atoms. The Hall–Kier alpha value is -3.13. The number of esters is 1. The highest BCUT2D eigenvalue weighted by Crippen LogP contribution is 2.25. The largest absolute Gasteiger partial charge is 0.462 e. The van der Waals surface area contributed by atoms with Crippen LogP contribution in [0.5, 0.6) is 0 Å².